The maximum Gasteiger partial charge on any atom is 0.234 e. The number of nitrogens with two attached hydrogens (primary N) is 1. The zero-order valence-electron chi connectivity index (χ0n) is 10.9. The molecule has 1 amide bonds. The van der Waals surface area contributed by atoms with E-state index in [-0.39, 0.29) is 11.9 Å². The van der Waals surface area contributed by atoms with Crippen molar-refractivity contribution >= 4 is 11.6 Å². The van der Waals surface area contributed by atoms with Gasteiger partial charge in [0, 0.05) is 11.7 Å². The fourth-order valence-corrected chi connectivity index (χ4v) is 2.07. The molecule has 1 aromatic rings. The third-order valence-corrected chi connectivity index (χ3v) is 3.63. The summed E-state index contributed by atoms with van der Waals surface area (Å²) in [5.41, 5.74) is 7.32. The summed E-state index contributed by atoms with van der Waals surface area (Å²) in [5, 5.41) is 2.93. The van der Waals surface area contributed by atoms with E-state index in [1.165, 1.54) is 5.56 Å². The van der Waals surface area contributed by atoms with Gasteiger partial charge in [-0.1, -0.05) is 19.1 Å². The van der Waals surface area contributed by atoms with Crippen molar-refractivity contribution in [1.29, 1.82) is 0 Å². The van der Waals surface area contributed by atoms with Crippen LogP contribution in [0.15, 0.2) is 24.3 Å². The molecule has 1 fully saturated rings. The van der Waals surface area contributed by atoms with Crippen LogP contribution in [0.1, 0.15) is 19.4 Å². The van der Waals surface area contributed by atoms with Gasteiger partial charge >= 0.3 is 0 Å². The van der Waals surface area contributed by atoms with Crippen molar-refractivity contribution in [3.8, 4) is 0 Å². The standard InChI is InChI=1S/C14H20N2O2/c1-3-10-5-4-6-11(7-10)16-13(17)14(2)9-18-8-12(14)15/h4-7,12H,3,8-9,15H2,1-2H3,(H,16,17). The number of carbonyl (C=O) groups excluding carboxylic acids is 1. The molecule has 0 bridgehead atoms. The second-order valence-corrected chi connectivity index (χ2v) is 5.05. The van der Waals surface area contributed by atoms with Crippen molar-refractivity contribution < 1.29 is 9.53 Å². The van der Waals surface area contributed by atoms with E-state index in [1.54, 1.807) is 0 Å². The van der Waals surface area contributed by atoms with Crippen molar-refractivity contribution in [3.63, 3.8) is 0 Å². The summed E-state index contributed by atoms with van der Waals surface area (Å²) in [6, 6.07) is 7.63. The number of nitrogens with one attached hydrogen (secondary N) is 1. The molecule has 0 radical (unpaired) electrons. The predicted octanol–water partition coefficient (Wildman–Crippen LogP) is 1.55. The lowest BCUT2D eigenvalue weighted by molar-refractivity contribution is -0.125. The molecule has 18 heavy (non-hydrogen) atoms. The minimum Gasteiger partial charge on any atom is -0.379 e. The SMILES string of the molecule is CCc1cccc(NC(=O)C2(C)COCC2N)c1. The average Bonchev–Trinajstić information content (AvgIpc) is 2.71. The van der Waals surface area contributed by atoms with E-state index in [2.05, 4.69) is 12.2 Å². The lowest BCUT2D eigenvalue weighted by Gasteiger charge is -2.25. The molecule has 0 aliphatic carbocycles. The molecule has 1 aromatic carbocycles. The molecule has 0 aromatic heterocycles. The number of hydrogen-bond acceptors (Lipinski definition) is 3. The Labute approximate surface area is 108 Å². The van der Waals surface area contributed by atoms with Gasteiger partial charge in [-0.25, -0.2) is 0 Å². The van der Waals surface area contributed by atoms with Crippen molar-refractivity contribution in [3.05, 3.63) is 29.8 Å². The van der Waals surface area contributed by atoms with Gasteiger partial charge < -0.3 is 15.8 Å². The Bertz CT molecular complexity index is 447. The fourth-order valence-electron chi connectivity index (χ4n) is 2.07. The van der Waals surface area contributed by atoms with Gasteiger partial charge in [0.15, 0.2) is 0 Å². The predicted molar refractivity (Wildman–Crippen MR) is 71.4 cm³/mol. The zero-order chi connectivity index (χ0) is 13.2. The molecule has 1 aliphatic heterocycles. The van der Waals surface area contributed by atoms with E-state index < -0.39 is 5.41 Å². The van der Waals surface area contributed by atoms with Gasteiger partial charge in [-0.3, -0.25) is 4.79 Å². The van der Waals surface area contributed by atoms with Crippen LogP contribution in [0.5, 0.6) is 0 Å². The lowest BCUT2D eigenvalue weighted by atomic mass is 9.85. The quantitative estimate of drug-likeness (QED) is 0.853. The maximum absolute atomic E-state index is 12.3. The molecule has 0 spiro atoms. The Hall–Kier alpha value is -1.39. The van der Waals surface area contributed by atoms with Gasteiger partial charge in [-0.2, -0.15) is 0 Å². The molecule has 4 heteroatoms. The van der Waals surface area contributed by atoms with Crippen LogP contribution in [0.3, 0.4) is 0 Å². The number of rotatable bonds is 3. The van der Waals surface area contributed by atoms with Crippen molar-refractivity contribution in [2.75, 3.05) is 18.5 Å². The first kappa shape index (κ1) is 13.1. The summed E-state index contributed by atoms with van der Waals surface area (Å²) in [6.45, 7) is 4.76. The molecule has 0 saturated carbocycles. The van der Waals surface area contributed by atoms with Crippen LogP contribution in [-0.2, 0) is 16.0 Å². The molecular weight excluding hydrogens is 228 g/mol. The number of hydrogen-bond donors (Lipinski definition) is 2. The highest BCUT2D eigenvalue weighted by Gasteiger charge is 2.44. The van der Waals surface area contributed by atoms with E-state index >= 15 is 0 Å². The van der Waals surface area contributed by atoms with Gasteiger partial charge in [0.1, 0.15) is 0 Å². The zero-order valence-corrected chi connectivity index (χ0v) is 10.9. The Morgan fingerprint density at radius 1 is 1.61 bits per heavy atom. The third kappa shape index (κ3) is 2.40. The molecule has 2 rings (SSSR count). The number of amides is 1. The summed E-state index contributed by atoms with van der Waals surface area (Å²) in [4.78, 5) is 12.3. The first-order valence-electron chi connectivity index (χ1n) is 6.30. The van der Waals surface area contributed by atoms with E-state index in [4.69, 9.17) is 10.5 Å². The molecule has 3 N–H and O–H groups in total. The van der Waals surface area contributed by atoms with Crippen LogP contribution < -0.4 is 11.1 Å². The summed E-state index contributed by atoms with van der Waals surface area (Å²) in [6.07, 6.45) is 0.948. The summed E-state index contributed by atoms with van der Waals surface area (Å²) < 4.78 is 5.29. The molecule has 1 saturated heterocycles. The van der Waals surface area contributed by atoms with Crippen molar-refractivity contribution in [1.82, 2.24) is 0 Å². The average molecular weight is 248 g/mol. The second kappa shape index (κ2) is 5.08. The van der Waals surface area contributed by atoms with Crippen LogP contribution in [0.2, 0.25) is 0 Å². The summed E-state index contributed by atoms with van der Waals surface area (Å²) in [7, 11) is 0. The van der Waals surface area contributed by atoms with Gasteiger partial charge in [0.25, 0.3) is 0 Å². The number of ether oxygens (including phenoxy) is 1. The third-order valence-electron chi connectivity index (χ3n) is 3.63. The van der Waals surface area contributed by atoms with Crippen LogP contribution in [0.25, 0.3) is 0 Å². The van der Waals surface area contributed by atoms with E-state index in [0.29, 0.717) is 13.2 Å². The molecular formula is C14H20N2O2. The van der Waals surface area contributed by atoms with Gasteiger partial charge in [-0.05, 0) is 31.0 Å². The topological polar surface area (TPSA) is 64.3 Å². The van der Waals surface area contributed by atoms with E-state index in [0.717, 1.165) is 12.1 Å². The minimum atomic E-state index is -0.637. The molecule has 1 aliphatic rings. The van der Waals surface area contributed by atoms with Crippen LogP contribution in [0.4, 0.5) is 5.69 Å². The first-order valence-corrected chi connectivity index (χ1v) is 6.30. The Kier molecular flexibility index (Phi) is 3.68. The van der Waals surface area contributed by atoms with Crippen LogP contribution in [-0.4, -0.2) is 25.2 Å². The highest BCUT2D eigenvalue weighted by atomic mass is 16.5. The number of carbonyl (C=O) groups is 1. The van der Waals surface area contributed by atoms with E-state index in [9.17, 15) is 4.79 Å². The highest BCUT2D eigenvalue weighted by molar-refractivity contribution is 5.96. The smallest absolute Gasteiger partial charge is 0.234 e. The molecule has 1 heterocycles. The monoisotopic (exact) mass is 248 g/mol. The molecule has 2 unspecified atom stereocenters. The second-order valence-electron chi connectivity index (χ2n) is 5.05. The normalized spacial score (nSPS) is 27.2. The van der Waals surface area contributed by atoms with Crippen LogP contribution >= 0.6 is 0 Å². The van der Waals surface area contributed by atoms with Gasteiger partial charge in [-0.15, -0.1) is 0 Å². The number of benzene rings is 1. The molecule has 4 nitrogen and oxygen atoms in total. The summed E-state index contributed by atoms with van der Waals surface area (Å²) >= 11 is 0. The van der Waals surface area contributed by atoms with Gasteiger partial charge in [0.2, 0.25) is 5.91 Å². The van der Waals surface area contributed by atoms with Crippen LogP contribution in [0, 0.1) is 5.41 Å². The van der Waals surface area contributed by atoms with Crippen molar-refractivity contribution in [2.24, 2.45) is 11.1 Å². The Balaban J connectivity index is 2.11. The van der Waals surface area contributed by atoms with Gasteiger partial charge in [0.05, 0.1) is 18.6 Å². The molecule has 2 atom stereocenters. The number of aryl methyl sites for hydroxylation is 1. The first-order chi connectivity index (χ1) is 8.56. The Morgan fingerprint density at radius 3 is 3.00 bits per heavy atom. The lowest BCUT2D eigenvalue weighted by Crippen LogP contribution is -2.47. The maximum atomic E-state index is 12.3. The summed E-state index contributed by atoms with van der Waals surface area (Å²) in [5.74, 6) is -0.0687. The van der Waals surface area contributed by atoms with E-state index in [1.807, 2.05) is 31.2 Å². The Morgan fingerprint density at radius 2 is 2.39 bits per heavy atom. The largest absolute Gasteiger partial charge is 0.379 e. The minimum absolute atomic E-state index is 0.0687. The fraction of sp³-hybridized carbons (Fsp3) is 0.500. The van der Waals surface area contributed by atoms with Crippen molar-refractivity contribution in [2.45, 2.75) is 26.3 Å². The number of anilines is 1. The highest BCUT2D eigenvalue weighted by Crippen LogP contribution is 2.28. The molecule has 98 valence electrons.